The van der Waals surface area contributed by atoms with Crippen molar-refractivity contribution in [2.24, 2.45) is 0 Å². The molecule has 2 N–H and O–H groups in total. The molecule has 1 aromatic rings. The summed E-state index contributed by atoms with van der Waals surface area (Å²) < 4.78 is 5.81. The van der Waals surface area contributed by atoms with Crippen LogP contribution in [0.25, 0.3) is 0 Å². The number of hydrogen-bond acceptors (Lipinski definition) is 3. The number of anilines is 2. The minimum absolute atomic E-state index is 0.377. The number of rotatable bonds is 1. The number of benzene rings is 1. The third kappa shape index (κ3) is 1.87. The van der Waals surface area contributed by atoms with Crippen LogP contribution in [0.2, 0.25) is 5.02 Å². The summed E-state index contributed by atoms with van der Waals surface area (Å²) in [5.74, 6) is 0. The van der Waals surface area contributed by atoms with Crippen molar-refractivity contribution in [2.75, 3.05) is 23.8 Å². The third-order valence-electron chi connectivity index (χ3n) is 3.82. The Hall–Kier alpha value is -0.930. The molecule has 0 bridgehead atoms. The average molecular weight is 253 g/mol. The molecular weight excluding hydrogens is 236 g/mol. The summed E-state index contributed by atoms with van der Waals surface area (Å²) in [7, 11) is 0. The van der Waals surface area contributed by atoms with Gasteiger partial charge in [-0.3, -0.25) is 0 Å². The number of nitrogens with zero attached hydrogens (tertiary/aromatic N) is 1. The molecule has 1 saturated heterocycles. The smallest absolute Gasteiger partial charge is 0.0779 e. The largest absolute Gasteiger partial charge is 0.396 e. The first-order valence-corrected chi connectivity index (χ1v) is 6.57. The Morgan fingerprint density at radius 3 is 3.12 bits per heavy atom. The molecule has 2 fully saturated rings. The van der Waals surface area contributed by atoms with Crippen molar-refractivity contribution >= 4 is 23.0 Å². The van der Waals surface area contributed by atoms with E-state index in [1.807, 2.05) is 12.1 Å². The van der Waals surface area contributed by atoms with Gasteiger partial charge in [0, 0.05) is 6.54 Å². The molecular formula is C13H17ClN2O. The summed E-state index contributed by atoms with van der Waals surface area (Å²) in [5.41, 5.74) is 7.85. The van der Waals surface area contributed by atoms with E-state index in [2.05, 4.69) is 11.0 Å². The van der Waals surface area contributed by atoms with Crippen molar-refractivity contribution < 1.29 is 4.74 Å². The molecule has 1 aliphatic heterocycles. The molecule has 3 nitrogen and oxygen atoms in total. The van der Waals surface area contributed by atoms with Gasteiger partial charge in [0.25, 0.3) is 0 Å². The van der Waals surface area contributed by atoms with E-state index in [0.717, 1.165) is 18.8 Å². The van der Waals surface area contributed by atoms with E-state index in [4.69, 9.17) is 22.1 Å². The van der Waals surface area contributed by atoms with E-state index in [-0.39, 0.29) is 0 Å². The molecule has 1 aromatic carbocycles. The molecule has 92 valence electrons. The number of morpholine rings is 1. The molecule has 2 aliphatic rings. The van der Waals surface area contributed by atoms with Crippen LogP contribution in [0.5, 0.6) is 0 Å². The number of halogens is 1. The van der Waals surface area contributed by atoms with Crippen LogP contribution in [0, 0.1) is 0 Å². The van der Waals surface area contributed by atoms with Crippen LogP contribution in [0.4, 0.5) is 11.4 Å². The van der Waals surface area contributed by atoms with Gasteiger partial charge in [-0.25, -0.2) is 0 Å². The Morgan fingerprint density at radius 1 is 1.35 bits per heavy atom. The highest BCUT2D eigenvalue weighted by Gasteiger charge is 2.36. The normalized spacial score (nSPS) is 28.2. The van der Waals surface area contributed by atoms with Gasteiger partial charge in [-0.2, -0.15) is 0 Å². The highest BCUT2D eigenvalue weighted by Crippen LogP contribution is 2.37. The Balaban J connectivity index is 1.94. The van der Waals surface area contributed by atoms with Crippen molar-refractivity contribution in [3.63, 3.8) is 0 Å². The van der Waals surface area contributed by atoms with Gasteiger partial charge in [-0.1, -0.05) is 17.7 Å². The van der Waals surface area contributed by atoms with Crippen molar-refractivity contribution in [1.29, 1.82) is 0 Å². The Labute approximate surface area is 106 Å². The predicted octanol–water partition coefficient (Wildman–Crippen LogP) is 2.68. The van der Waals surface area contributed by atoms with Gasteiger partial charge < -0.3 is 15.4 Å². The molecule has 2 atom stereocenters. The SMILES string of the molecule is Nc1c(Cl)cccc1N1CCOC2CCCC21. The Kier molecular flexibility index (Phi) is 2.89. The first kappa shape index (κ1) is 11.2. The van der Waals surface area contributed by atoms with Crippen LogP contribution in [0.3, 0.4) is 0 Å². The maximum atomic E-state index is 6.09. The van der Waals surface area contributed by atoms with E-state index in [1.54, 1.807) is 0 Å². The lowest BCUT2D eigenvalue weighted by atomic mass is 10.1. The lowest BCUT2D eigenvalue weighted by molar-refractivity contribution is 0.0257. The summed E-state index contributed by atoms with van der Waals surface area (Å²) >= 11 is 6.09. The van der Waals surface area contributed by atoms with Crippen molar-refractivity contribution in [3.05, 3.63) is 23.2 Å². The fourth-order valence-corrected chi connectivity index (χ4v) is 3.17. The topological polar surface area (TPSA) is 38.5 Å². The Morgan fingerprint density at radius 2 is 2.24 bits per heavy atom. The molecule has 1 saturated carbocycles. The summed E-state index contributed by atoms with van der Waals surface area (Å²) in [6.07, 6.45) is 3.98. The minimum atomic E-state index is 0.377. The molecule has 1 aliphatic carbocycles. The highest BCUT2D eigenvalue weighted by atomic mass is 35.5. The van der Waals surface area contributed by atoms with E-state index in [0.29, 0.717) is 22.9 Å². The zero-order valence-corrected chi connectivity index (χ0v) is 10.5. The second kappa shape index (κ2) is 4.39. The molecule has 4 heteroatoms. The first-order chi connectivity index (χ1) is 8.27. The number of nitrogen functional groups attached to an aromatic ring is 1. The van der Waals surface area contributed by atoms with Crippen LogP contribution in [-0.4, -0.2) is 25.3 Å². The molecule has 0 aromatic heterocycles. The third-order valence-corrected chi connectivity index (χ3v) is 4.15. The Bertz CT molecular complexity index is 424. The van der Waals surface area contributed by atoms with Crippen LogP contribution in [-0.2, 0) is 4.74 Å². The lowest BCUT2D eigenvalue weighted by Gasteiger charge is -2.40. The number of nitrogens with two attached hydrogens (primary N) is 1. The van der Waals surface area contributed by atoms with Gasteiger partial charge in [-0.05, 0) is 31.4 Å². The number of hydrogen-bond donors (Lipinski definition) is 1. The number of para-hydroxylation sites is 1. The molecule has 2 unspecified atom stereocenters. The van der Waals surface area contributed by atoms with Gasteiger partial charge in [0.05, 0.1) is 35.2 Å². The van der Waals surface area contributed by atoms with Crippen LogP contribution in [0.1, 0.15) is 19.3 Å². The predicted molar refractivity (Wildman–Crippen MR) is 70.6 cm³/mol. The second-order valence-electron chi connectivity index (χ2n) is 4.77. The summed E-state index contributed by atoms with van der Waals surface area (Å²) in [6, 6.07) is 6.34. The molecule has 3 rings (SSSR count). The minimum Gasteiger partial charge on any atom is -0.396 e. The fourth-order valence-electron chi connectivity index (χ4n) is 3.00. The average Bonchev–Trinajstić information content (AvgIpc) is 2.81. The fraction of sp³-hybridized carbons (Fsp3) is 0.538. The maximum Gasteiger partial charge on any atom is 0.0779 e. The van der Waals surface area contributed by atoms with Gasteiger partial charge in [0.15, 0.2) is 0 Å². The van der Waals surface area contributed by atoms with Gasteiger partial charge in [0.1, 0.15) is 0 Å². The zero-order chi connectivity index (χ0) is 11.8. The van der Waals surface area contributed by atoms with Crippen LogP contribution < -0.4 is 10.6 Å². The van der Waals surface area contributed by atoms with Crippen molar-refractivity contribution in [3.8, 4) is 0 Å². The molecule has 0 amide bonds. The first-order valence-electron chi connectivity index (χ1n) is 6.19. The molecule has 0 spiro atoms. The van der Waals surface area contributed by atoms with Crippen molar-refractivity contribution in [2.45, 2.75) is 31.4 Å². The zero-order valence-electron chi connectivity index (χ0n) is 9.73. The van der Waals surface area contributed by atoms with E-state index in [9.17, 15) is 0 Å². The van der Waals surface area contributed by atoms with Crippen molar-refractivity contribution in [1.82, 2.24) is 0 Å². The molecule has 1 heterocycles. The van der Waals surface area contributed by atoms with Crippen LogP contribution >= 0.6 is 11.6 Å². The van der Waals surface area contributed by atoms with Gasteiger partial charge >= 0.3 is 0 Å². The standard InChI is InChI=1S/C13H17ClN2O/c14-9-3-1-5-11(13(9)15)16-7-8-17-12-6-2-4-10(12)16/h1,3,5,10,12H,2,4,6-8,15H2. The number of fused-ring (bicyclic) bond motifs is 1. The van der Waals surface area contributed by atoms with E-state index in [1.165, 1.54) is 19.3 Å². The monoisotopic (exact) mass is 252 g/mol. The second-order valence-corrected chi connectivity index (χ2v) is 5.18. The lowest BCUT2D eigenvalue weighted by Crippen LogP contribution is -2.48. The van der Waals surface area contributed by atoms with Gasteiger partial charge in [0.2, 0.25) is 0 Å². The quantitative estimate of drug-likeness (QED) is 0.781. The summed E-state index contributed by atoms with van der Waals surface area (Å²) in [4.78, 5) is 2.38. The molecule has 17 heavy (non-hydrogen) atoms. The van der Waals surface area contributed by atoms with E-state index < -0.39 is 0 Å². The highest BCUT2D eigenvalue weighted by molar-refractivity contribution is 6.33. The molecule has 0 radical (unpaired) electrons. The maximum absolute atomic E-state index is 6.09. The van der Waals surface area contributed by atoms with Crippen LogP contribution in [0.15, 0.2) is 18.2 Å². The summed E-state index contributed by atoms with van der Waals surface area (Å²) in [6.45, 7) is 1.69. The summed E-state index contributed by atoms with van der Waals surface area (Å²) in [5, 5.41) is 0.642. The van der Waals surface area contributed by atoms with Gasteiger partial charge in [-0.15, -0.1) is 0 Å². The van der Waals surface area contributed by atoms with E-state index >= 15 is 0 Å². The number of ether oxygens (including phenoxy) is 1.